The van der Waals surface area contributed by atoms with E-state index in [4.69, 9.17) is 0 Å². The molecule has 1 aliphatic heterocycles. The van der Waals surface area contributed by atoms with Crippen LogP contribution in [0.4, 0.5) is 24.5 Å². The average molecular weight is 346 g/mol. The van der Waals surface area contributed by atoms with Crippen LogP contribution in [0.5, 0.6) is 0 Å². The standard InChI is InChI=1S/C13H7BrF3NS/c14-8-2-4-12-10(6-8)18-9-5-7(13(15,16)17)1-3-11(9)19-12/h1-6,18H. The Morgan fingerprint density at radius 3 is 2.26 bits per heavy atom. The predicted octanol–water partition coefficient (Wildman–Crippen LogP) is 5.68. The van der Waals surface area contributed by atoms with Gasteiger partial charge in [0.25, 0.3) is 0 Å². The maximum absolute atomic E-state index is 12.7. The Morgan fingerprint density at radius 2 is 1.58 bits per heavy atom. The molecule has 0 atom stereocenters. The van der Waals surface area contributed by atoms with Crippen molar-refractivity contribution in [1.29, 1.82) is 0 Å². The van der Waals surface area contributed by atoms with Gasteiger partial charge in [0, 0.05) is 14.3 Å². The van der Waals surface area contributed by atoms with Gasteiger partial charge < -0.3 is 5.32 Å². The van der Waals surface area contributed by atoms with Crippen molar-refractivity contribution in [1.82, 2.24) is 0 Å². The van der Waals surface area contributed by atoms with Gasteiger partial charge in [0.1, 0.15) is 0 Å². The van der Waals surface area contributed by atoms with Gasteiger partial charge in [-0.3, -0.25) is 0 Å². The van der Waals surface area contributed by atoms with Crippen molar-refractivity contribution in [3.8, 4) is 0 Å². The first-order chi connectivity index (χ1) is 8.93. The summed E-state index contributed by atoms with van der Waals surface area (Å²) in [6, 6.07) is 9.44. The zero-order valence-corrected chi connectivity index (χ0v) is 11.8. The third kappa shape index (κ3) is 2.47. The van der Waals surface area contributed by atoms with Crippen LogP contribution in [0.25, 0.3) is 0 Å². The molecule has 98 valence electrons. The fourth-order valence-corrected chi connectivity index (χ4v) is 3.16. The minimum atomic E-state index is -4.32. The van der Waals surface area contributed by atoms with E-state index in [1.807, 2.05) is 18.2 Å². The predicted molar refractivity (Wildman–Crippen MR) is 73.0 cm³/mol. The van der Waals surface area contributed by atoms with Crippen LogP contribution in [-0.4, -0.2) is 0 Å². The molecule has 1 N–H and O–H groups in total. The lowest BCUT2D eigenvalue weighted by Crippen LogP contribution is -2.07. The molecule has 19 heavy (non-hydrogen) atoms. The molecule has 0 spiro atoms. The number of anilines is 2. The first kappa shape index (κ1) is 12.9. The van der Waals surface area contributed by atoms with Crippen molar-refractivity contribution in [2.45, 2.75) is 16.0 Å². The summed E-state index contributed by atoms with van der Waals surface area (Å²) in [6.07, 6.45) is -4.32. The van der Waals surface area contributed by atoms with E-state index in [0.717, 1.165) is 32.1 Å². The van der Waals surface area contributed by atoms with Crippen molar-refractivity contribution in [3.63, 3.8) is 0 Å². The van der Waals surface area contributed by atoms with Crippen molar-refractivity contribution >= 4 is 39.1 Å². The Hall–Kier alpha value is -1.14. The average Bonchev–Trinajstić information content (AvgIpc) is 2.34. The molecule has 0 saturated carbocycles. The quantitative estimate of drug-likeness (QED) is 0.562. The number of nitrogens with one attached hydrogen (secondary N) is 1. The van der Waals surface area contributed by atoms with Crippen LogP contribution in [0, 0.1) is 0 Å². The highest BCUT2D eigenvalue weighted by atomic mass is 79.9. The Kier molecular flexibility index (Phi) is 3.02. The van der Waals surface area contributed by atoms with Gasteiger partial charge in [-0.1, -0.05) is 27.7 Å². The van der Waals surface area contributed by atoms with Gasteiger partial charge >= 0.3 is 6.18 Å². The Morgan fingerprint density at radius 1 is 0.947 bits per heavy atom. The van der Waals surface area contributed by atoms with E-state index < -0.39 is 11.7 Å². The summed E-state index contributed by atoms with van der Waals surface area (Å²) in [5, 5.41) is 3.04. The van der Waals surface area contributed by atoms with Gasteiger partial charge in [-0.05, 0) is 36.4 Å². The summed E-state index contributed by atoms with van der Waals surface area (Å²) in [5.74, 6) is 0. The third-order valence-corrected chi connectivity index (χ3v) is 4.38. The lowest BCUT2D eigenvalue weighted by molar-refractivity contribution is -0.137. The molecule has 0 radical (unpaired) electrons. The highest BCUT2D eigenvalue weighted by molar-refractivity contribution is 9.10. The molecule has 0 amide bonds. The molecule has 1 heterocycles. The van der Waals surface area contributed by atoms with E-state index >= 15 is 0 Å². The minimum Gasteiger partial charge on any atom is -0.354 e. The van der Waals surface area contributed by atoms with Crippen LogP contribution in [0.3, 0.4) is 0 Å². The highest BCUT2D eigenvalue weighted by Gasteiger charge is 2.31. The molecule has 0 aliphatic carbocycles. The topological polar surface area (TPSA) is 12.0 Å². The molecule has 0 saturated heterocycles. The van der Waals surface area contributed by atoms with E-state index in [0.29, 0.717) is 5.69 Å². The zero-order valence-electron chi connectivity index (χ0n) is 9.38. The van der Waals surface area contributed by atoms with Gasteiger partial charge in [0.05, 0.1) is 16.9 Å². The summed E-state index contributed by atoms with van der Waals surface area (Å²) in [6.45, 7) is 0. The molecule has 0 bridgehead atoms. The molecule has 6 heteroatoms. The summed E-state index contributed by atoms with van der Waals surface area (Å²) < 4.78 is 38.9. The van der Waals surface area contributed by atoms with Crippen molar-refractivity contribution in [3.05, 3.63) is 46.4 Å². The number of halogens is 4. The number of fused-ring (bicyclic) bond motifs is 2. The third-order valence-electron chi connectivity index (χ3n) is 2.74. The van der Waals surface area contributed by atoms with Gasteiger partial charge in [0.2, 0.25) is 0 Å². The van der Waals surface area contributed by atoms with E-state index in [9.17, 15) is 13.2 Å². The molecule has 1 aliphatic rings. The Bertz CT molecular complexity index is 655. The molecule has 0 aromatic heterocycles. The summed E-state index contributed by atoms with van der Waals surface area (Å²) in [5.41, 5.74) is 0.662. The van der Waals surface area contributed by atoms with Crippen LogP contribution in [-0.2, 0) is 6.18 Å². The fraction of sp³-hybridized carbons (Fsp3) is 0.0769. The second-order valence-corrected chi connectivity index (χ2v) is 6.08. The van der Waals surface area contributed by atoms with E-state index in [-0.39, 0.29) is 0 Å². The minimum absolute atomic E-state index is 0.491. The highest BCUT2D eigenvalue weighted by Crippen LogP contribution is 2.46. The molecular weight excluding hydrogens is 339 g/mol. The van der Waals surface area contributed by atoms with Crippen LogP contribution in [0.2, 0.25) is 0 Å². The summed E-state index contributed by atoms with van der Waals surface area (Å²) in [7, 11) is 0. The summed E-state index contributed by atoms with van der Waals surface area (Å²) >= 11 is 4.81. The van der Waals surface area contributed by atoms with Crippen LogP contribution in [0.15, 0.2) is 50.7 Å². The molecule has 3 rings (SSSR count). The number of alkyl halides is 3. The lowest BCUT2D eigenvalue weighted by atomic mass is 10.2. The fourth-order valence-electron chi connectivity index (χ4n) is 1.85. The van der Waals surface area contributed by atoms with Gasteiger partial charge in [0.15, 0.2) is 0 Å². The molecular formula is C13H7BrF3NS. The SMILES string of the molecule is FC(F)(F)c1ccc2c(c1)Nc1cc(Br)ccc1S2. The second kappa shape index (κ2) is 4.45. The van der Waals surface area contributed by atoms with Crippen molar-refractivity contribution in [2.75, 3.05) is 5.32 Å². The molecule has 0 unspecified atom stereocenters. The van der Waals surface area contributed by atoms with E-state index in [2.05, 4.69) is 21.2 Å². The largest absolute Gasteiger partial charge is 0.416 e. The number of rotatable bonds is 0. The number of benzene rings is 2. The lowest BCUT2D eigenvalue weighted by Gasteiger charge is -2.22. The molecule has 2 aromatic rings. The molecule has 1 nitrogen and oxygen atoms in total. The molecule has 0 fully saturated rings. The van der Waals surface area contributed by atoms with Crippen molar-refractivity contribution < 1.29 is 13.2 Å². The Labute approximate surface area is 120 Å². The van der Waals surface area contributed by atoms with E-state index in [1.165, 1.54) is 17.8 Å². The van der Waals surface area contributed by atoms with Crippen molar-refractivity contribution in [2.24, 2.45) is 0 Å². The zero-order chi connectivity index (χ0) is 13.6. The Balaban J connectivity index is 2.03. The first-order valence-corrected chi connectivity index (χ1v) is 7.00. The maximum atomic E-state index is 12.7. The molecule has 2 aromatic carbocycles. The second-order valence-electron chi connectivity index (χ2n) is 4.08. The summed E-state index contributed by atoms with van der Waals surface area (Å²) in [4.78, 5) is 1.79. The number of hydrogen-bond donors (Lipinski definition) is 1. The maximum Gasteiger partial charge on any atom is 0.416 e. The van der Waals surface area contributed by atoms with Crippen LogP contribution < -0.4 is 5.32 Å². The smallest absolute Gasteiger partial charge is 0.354 e. The normalized spacial score (nSPS) is 13.5. The first-order valence-electron chi connectivity index (χ1n) is 5.39. The number of hydrogen-bond acceptors (Lipinski definition) is 2. The van der Waals surface area contributed by atoms with E-state index in [1.54, 1.807) is 0 Å². The van der Waals surface area contributed by atoms with Gasteiger partial charge in [-0.25, -0.2) is 0 Å². The van der Waals surface area contributed by atoms with Crippen LogP contribution in [0.1, 0.15) is 5.56 Å². The van der Waals surface area contributed by atoms with Gasteiger partial charge in [-0.15, -0.1) is 0 Å². The monoisotopic (exact) mass is 345 g/mol. The van der Waals surface area contributed by atoms with Gasteiger partial charge in [-0.2, -0.15) is 13.2 Å². The van der Waals surface area contributed by atoms with Crippen LogP contribution >= 0.6 is 27.7 Å².